The Morgan fingerprint density at radius 3 is 2.83 bits per heavy atom. The summed E-state index contributed by atoms with van der Waals surface area (Å²) in [6.07, 6.45) is 4.82. The Balaban J connectivity index is 2.08. The molecule has 5 heteroatoms. The number of aromatic nitrogens is 2. The first-order chi connectivity index (χ1) is 8.52. The summed E-state index contributed by atoms with van der Waals surface area (Å²) < 4.78 is 4.51. The van der Waals surface area contributed by atoms with Crippen LogP contribution in [-0.4, -0.2) is 28.5 Å². The molecule has 0 aliphatic carbocycles. The van der Waals surface area contributed by atoms with Crippen LogP contribution in [0.4, 0.5) is 5.13 Å². The lowest BCUT2D eigenvalue weighted by Gasteiger charge is -2.23. The standard InChI is InChI=1S/C13H24N4S/c1-13(2,3)11-15-12(18-16-11)17-9-5-7-10(17)6-4-8-14/h10H,4-9,14H2,1-3H3. The zero-order valence-corrected chi connectivity index (χ0v) is 12.5. The minimum absolute atomic E-state index is 0.0429. The number of anilines is 1. The van der Waals surface area contributed by atoms with Crippen molar-refractivity contribution >= 4 is 16.7 Å². The Kier molecular flexibility index (Phi) is 4.22. The maximum Gasteiger partial charge on any atom is 0.205 e. The van der Waals surface area contributed by atoms with Gasteiger partial charge in [0.05, 0.1) is 0 Å². The van der Waals surface area contributed by atoms with Crippen molar-refractivity contribution in [3.63, 3.8) is 0 Å². The predicted octanol–water partition coefficient (Wildman–Crippen LogP) is 2.54. The molecule has 0 bridgehead atoms. The van der Waals surface area contributed by atoms with Crippen molar-refractivity contribution in [3.05, 3.63) is 5.82 Å². The third-order valence-corrected chi connectivity index (χ3v) is 4.20. The summed E-state index contributed by atoms with van der Waals surface area (Å²) in [5.41, 5.74) is 5.65. The Bertz CT molecular complexity index is 383. The van der Waals surface area contributed by atoms with E-state index in [-0.39, 0.29) is 5.41 Å². The number of hydrogen-bond acceptors (Lipinski definition) is 5. The summed E-state index contributed by atoms with van der Waals surface area (Å²) in [7, 11) is 0. The lowest BCUT2D eigenvalue weighted by atomic mass is 9.96. The highest BCUT2D eigenvalue weighted by atomic mass is 32.1. The number of nitrogens with two attached hydrogens (primary N) is 1. The minimum Gasteiger partial charge on any atom is -0.344 e. The quantitative estimate of drug-likeness (QED) is 0.911. The first kappa shape index (κ1) is 13.7. The summed E-state index contributed by atoms with van der Waals surface area (Å²) >= 11 is 1.54. The summed E-state index contributed by atoms with van der Waals surface area (Å²) in [6.45, 7) is 8.39. The van der Waals surface area contributed by atoms with E-state index >= 15 is 0 Å². The second kappa shape index (κ2) is 5.53. The molecule has 4 nitrogen and oxygen atoms in total. The van der Waals surface area contributed by atoms with Crippen LogP contribution in [0.5, 0.6) is 0 Å². The van der Waals surface area contributed by atoms with Crippen molar-refractivity contribution in [1.82, 2.24) is 9.36 Å². The zero-order chi connectivity index (χ0) is 13.2. The lowest BCUT2D eigenvalue weighted by Crippen LogP contribution is -2.29. The van der Waals surface area contributed by atoms with Crippen LogP contribution in [-0.2, 0) is 5.41 Å². The van der Waals surface area contributed by atoms with Crippen molar-refractivity contribution in [2.24, 2.45) is 5.73 Å². The minimum atomic E-state index is 0.0429. The summed E-state index contributed by atoms with van der Waals surface area (Å²) in [6, 6.07) is 0.620. The monoisotopic (exact) mass is 268 g/mol. The first-order valence-corrected chi connectivity index (χ1v) is 7.60. The van der Waals surface area contributed by atoms with Gasteiger partial charge >= 0.3 is 0 Å². The smallest absolute Gasteiger partial charge is 0.205 e. The van der Waals surface area contributed by atoms with E-state index in [1.807, 2.05) is 0 Å². The normalized spacial score (nSPS) is 20.7. The van der Waals surface area contributed by atoms with Crippen molar-refractivity contribution in [1.29, 1.82) is 0 Å². The molecule has 0 saturated carbocycles. The molecule has 0 radical (unpaired) electrons. The third-order valence-electron chi connectivity index (χ3n) is 3.45. The Morgan fingerprint density at radius 2 is 2.22 bits per heavy atom. The van der Waals surface area contributed by atoms with Crippen molar-refractivity contribution in [2.45, 2.75) is 57.9 Å². The molecule has 18 heavy (non-hydrogen) atoms. The molecule has 1 aliphatic heterocycles. The molecule has 1 fully saturated rings. The van der Waals surface area contributed by atoms with Crippen LogP contribution in [0.25, 0.3) is 0 Å². The maximum atomic E-state index is 5.61. The van der Waals surface area contributed by atoms with Crippen LogP contribution in [0.15, 0.2) is 0 Å². The van der Waals surface area contributed by atoms with Gasteiger partial charge in [-0.15, -0.1) is 0 Å². The van der Waals surface area contributed by atoms with Gasteiger partial charge in [0, 0.05) is 29.5 Å². The molecule has 0 amide bonds. The summed E-state index contributed by atoms with van der Waals surface area (Å²) in [4.78, 5) is 7.16. The van der Waals surface area contributed by atoms with Crippen LogP contribution in [0.3, 0.4) is 0 Å². The van der Waals surface area contributed by atoms with Crippen LogP contribution in [0.2, 0.25) is 0 Å². The fourth-order valence-electron chi connectivity index (χ4n) is 2.38. The lowest BCUT2D eigenvalue weighted by molar-refractivity contribution is 0.550. The van der Waals surface area contributed by atoms with Crippen molar-refractivity contribution in [3.8, 4) is 0 Å². The molecule has 1 aromatic heterocycles. The highest BCUT2D eigenvalue weighted by Gasteiger charge is 2.28. The SMILES string of the molecule is CC(C)(C)c1nsc(N2CCCC2CCCN)n1. The molecule has 2 heterocycles. The van der Waals surface area contributed by atoms with Crippen LogP contribution >= 0.6 is 11.5 Å². The van der Waals surface area contributed by atoms with Gasteiger partial charge in [-0.2, -0.15) is 4.37 Å². The van der Waals surface area contributed by atoms with E-state index in [4.69, 9.17) is 10.7 Å². The van der Waals surface area contributed by atoms with Gasteiger partial charge in [-0.1, -0.05) is 20.8 Å². The van der Waals surface area contributed by atoms with Gasteiger partial charge < -0.3 is 10.6 Å². The molecule has 1 atom stereocenters. The molecule has 2 N–H and O–H groups in total. The van der Waals surface area contributed by atoms with E-state index in [1.165, 1.54) is 19.3 Å². The van der Waals surface area contributed by atoms with Crippen molar-refractivity contribution < 1.29 is 0 Å². The van der Waals surface area contributed by atoms with E-state index in [0.717, 1.165) is 30.5 Å². The second-order valence-electron chi connectivity index (χ2n) is 6.07. The van der Waals surface area contributed by atoms with Crippen molar-refractivity contribution in [2.75, 3.05) is 18.0 Å². The average Bonchev–Trinajstić information content (AvgIpc) is 2.93. The van der Waals surface area contributed by atoms with Crippen LogP contribution in [0, 0.1) is 0 Å². The van der Waals surface area contributed by atoms with Gasteiger partial charge in [-0.05, 0) is 32.2 Å². The molecule has 2 rings (SSSR count). The van der Waals surface area contributed by atoms with Gasteiger partial charge in [0.25, 0.3) is 0 Å². The number of hydrogen-bond donors (Lipinski definition) is 1. The van der Waals surface area contributed by atoms with Crippen LogP contribution < -0.4 is 10.6 Å². The fourth-order valence-corrected chi connectivity index (χ4v) is 3.33. The topological polar surface area (TPSA) is 55.0 Å². The van der Waals surface area contributed by atoms with E-state index in [9.17, 15) is 0 Å². The molecular weight excluding hydrogens is 244 g/mol. The predicted molar refractivity (Wildman–Crippen MR) is 77.3 cm³/mol. The van der Waals surface area contributed by atoms with E-state index < -0.39 is 0 Å². The molecule has 0 spiro atoms. The third kappa shape index (κ3) is 3.01. The maximum absolute atomic E-state index is 5.61. The number of nitrogens with zero attached hydrogens (tertiary/aromatic N) is 3. The van der Waals surface area contributed by atoms with E-state index in [1.54, 1.807) is 11.5 Å². The molecular formula is C13H24N4S. The van der Waals surface area contributed by atoms with Gasteiger partial charge in [0.2, 0.25) is 5.13 Å². The van der Waals surface area contributed by atoms with Gasteiger partial charge in [0.15, 0.2) is 0 Å². The zero-order valence-electron chi connectivity index (χ0n) is 11.6. The van der Waals surface area contributed by atoms with Gasteiger partial charge in [0.1, 0.15) is 5.82 Å². The molecule has 1 aliphatic rings. The molecule has 0 aromatic carbocycles. The molecule has 1 aromatic rings. The van der Waals surface area contributed by atoms with Crippen LogP contribution in [0.1, 0.15) is 52.3 Å². The highest BCUT2D eigenvalue weighted by Crippen LogP contribution is 2.31. The molecule has 102 valence electrons. The van der Waals surface area contributed by atoms with E-state index in [0.29, 0.717) is 6.04 Å². The first-order valence-electron chi connectivity index (χ1n) is 6.83. The summed E-state index contributed by atoms with van der Waals surface area (Å²) in [5.74, 6) is 0.965. The molecule has 1 saturated heterocycles. The Morgan fingerprint density at radius 1 is 1.44 bits per heavy atom. The summed E-state index contributed by atoms with van der Waals surface area (Å²) in [5, 5.41) is 1.10. The fraction of sp³-hybridized carbons (Fsp3) is 0.846. The largest absolute Gasteiger partial charge is 0.344 e. The highest BCUT2D eigenvalue weighted by molar-refractivity contribution is 7.09. The van der Waals surface area contributed by atoms with E-state index in [2.05, 4.69) is 30.0 Å². The van der Waals surface area contributed by atoms with Gasteiger partial charge in [-0.3, -0.25) is 0 Å². The van der Waals surface area contributed by atoms with Gasteiger partial charge in [-0.25, -0.2) is 4.98 Å². The second-order valence-corrected chi connectivity index (χ2v) is 6.80. The number of rotatable bonds is 4. The Hall–Kier alpha value is -0.680. The average molecular weight is 268 g/mol. The Labute approximate surface area is 114 Å². The molecule has 1 unspecified atom stereocenters.